The molecule has 1 aliphatic heterocycles. The van der Waals surface area contributed by atoms with Crippen LogP contribution in [0.2, 0.25) is 5.02 Å². The predicted octanol–water partition coefficient (Wildman–Crippen LogP) is 4.71. The van der Waals surface area contributed by atoms with Crippen molar-refractivity contribution < 1.29 is 32.2 Å². The van der Waals surface area contributed by atoms with Crippen LogP contribution < -0.4 is 19.2 Å². The smallest absolute Gasteiger partial charge is 0.321 e. The van der Waals surface area contributed by atoms with Crippen LogP contribution in [0.1, 0.15) is 22.2 Å². The van der Waals surface area contributed by atoms with Gasteiger partial charge in [0.1, 0.15) is 19.3 Å². The number of nitrogens with one attached hydrogen (secondary N) is 1. The standard InChI is InChI=1S/C26H26Cl2N2O7S2/c1-3-39(33,34)15-20(37-24(31)12-29-28)14-36-21-9-8-19(11-22(21)35-2)30-13-17-10-23(38-25(17)26(30)32)16-4-6-18(27)7-5-16/h4-11,20,29H,3,12-15H2,1-2H3/t20-/m1/s1. The van der Waals surface area contributed by atoms with Gasteiger partial charge in [-0.2, -0.15) is 0 Å². The number of ether oxygens (including phenoxy) is 3. The van der Waals surface area contributed by atoms with E-state index in [1.807, 2.05) is 30.3 Å². The summed E-state index contributed by atoms with van der Waals surface area (Å²) in [5.74, 6) is -0.701. The van der Waals surface area contributed by atoms with Gasteiger partial charge in [-0.1, -0.05) is 30.7 Å². The minimum absolute atomic E-state index is 0.108. The lowest BCUT2D eigenvalue weighted by molar-refractivity contribution is -0.147. The van der Waals surface area contributed by atoms with Crippen LogP contribution in [0.25, 0.3) is 10.4 Å². The summed E-state index contributed by atoms with van der Waals surface area (Å²) >= 11 is 12.8. The van der Waals surface area contributed by atoms with Crippen molar-refractivity contribution >= 4 is 62.1 Å². The van der Waals surface area contributed by atoms with Crippen LogP contribution in [0.15, 0.2) is 48.5 Å². The zero-order valence-electron chi connectivity index (χ0n) is 21.1. The number of anilines is 1. The molecule has 2 heterocycles. The van der Waals surface area contributed by atoms with Crippen LogP contribution in [0.5, 0.6) is 11.5 Å². The fraction of sp³-hybridized carbons (Fsp3) is 0.308. The van der Waals surface area contributed by atoms with Gasteiger partial charge in [0, 0.05) is 27.4 Å². The first kappa shape index (κ1) is 29.2. The Morgan fingerprint density at radius 2 is 1.90 bits per heavy atom. The average Bonchev–Trinajstić information content (AvgIpc) is 3.46. The normalized spacial score (nSPS) is 13.7. The Labute approximate surface area is 240 Å². The highest BCUT2D eigenvalue weighted by molar-refractivity contribution is 7.91. The number of esters is 1. The number of carbonyl (C=O) groups is 2. The van der Waals surface area contributed by atoms with Crippen LogP contribution >= 0.6 is 34.7 Å². The van der Waals surface area contributed by atoms with E-state index in [2.05, 4.69) is 4.84 Å². The fourth-order valence-electron chi connectivity index (χ4n) is 3.98. The number of rotatable bonds is 12. The number of fused-ring (bicyclic) bond motifs is 1. The molecule has 0 saturated carbocycles. The molecule has 0 saturated heterocycles. The first-order chi connectivity index (χ1) is 18.6. The van der Waals surface area contributed by atoms with E-state index in [-0.39, 0.29) is 24.8 Å². The molecule has 0 aliphatic carbocycles. The van der Waals surface area contributed by atoms with Crippen LogP contribution in [0, 0.1) is 0 Å². The molecule has 39 heavy (non-hydrogen) atoms. The summed E-state index contributed by atoms with van der Waals surface area (Å²) in [6.07, 6.45) is -1.05. The Morgan fingerprint density at radius 3 is 2.54 bits per heavy atom. The fourth-order valence-corrected chi connectivity index (χ4v) is 6.31. The largest absolute Gasteiger partial charge is 0.493 e. The van der Waals surface area contributed by atoms with E-state index in [0.717, 1.165) is 16.0 Å². The van der Waals surface area contributed by atoms with Gasteiger partial charge in [-0.3, -0.25) is 9.59 Å². The summed E-state index contributed by atoms with van der Waals surface area (Å²) in [6.45, 7) is 1.40. The number of nitrogens with zero attached hydrogens (tertiary/aromatic N) is 1. The summed E-state index contributed by atoms with van der Waals surface area (Å²) in [6, 6.07) is 14.5. The molecular weight excluding hydrogens is 587 g/mol. The molecule has 1 aliphatic rings. The highest BCUT2D eigenvalue weighted by Gasteiger charge is 2.32. The van der Waals surface area contributed by atoms with Gasteiger partial charge < -0.3 is 19.1 Å². The zero-order chi connectivity index (χ0) is 28.2. The Balaban J connectivity index is 1.47. The number of benzene rings is 2. The summed E-state index contributed by atoms with van der Waals surface area (Å²) in [5.41, 5.74) is 2.55. The van der Waals surface area contributed by atoms with Crippen molar-refractivity contribution in [3.05, 3.63) is 64.0 Å². The van der Waals surface area contributed by atoms with Gasteiger partial charge in [-0.05, 0) is 53.2 Å². The number of thiophene rings is 1. The minimum atomic E-state index is -3.46. The van der Waals surface area contributed by atoms with Gasteiger partial charge in [0.15, 0.2) is 21.3 Å². The molecule has 0 bridgehead atoms. The monoisotopic (exact) mass is 612 g/mol. The Hall–Kier alpha value is -2.83. The average molecular weight is 614 g/mol. The topological polar surface area (TPSA) is 111 Å². The Bertz CT molecular complexity index is 1460. The molecule has 0 radical (unpaired) electrons. The molecule has 13 heteroatoms. The Kier molecular flexibility index (Phi) is 9.39. The lowest BCUT2D eigenvalue weighted by atomic mass is 10.1. The van der Waals surface area contributed by atoms with Crippen LogP contribution in [0.3, 0.4) is 0 Å². The van der Waals surface area contributed by atoms with Crippen molar-refractivity contribution in [2.75, 3.05) is 36.7 Å². The number of amides is 1. The second-order valence-corrected chi connectivity index (χ2v) is 12.8. The second kappa shape index (κ2) is 12.6. The van der Waals surface area contributed by atoms with E-state index in [1.54, 1.807) is 23.1 Å². The number of halogens is 2. The zero-order valence-corrected chi connectivity index (χ0v) is 24.3. The van der Waals surface area contributed by atoms with Gasteiger partial charge >= 0.3 is 5.97 Å². The van der Waals surface area contributed by atoms with Crippen molar-refractivity contribution in [2.24, 2.45) is 0 Å². The van der Waals surface area contributed by atoms with E-state index in [9.17, 15) is 18.0 Å². The first-order valence-electron chi connectivity index (χ1n) is 11.9. The highest BCUT2D eigenvalue weighted by Crippen LogP contribution is 2.40. The maximum Gasteiger partial charge on any atom is 0.321 e. The molecule has 9 nitrogen and oxygen atoms in total. The number of carbonyl (C=O) groups excluding carboxylic acids is 2. The van der Waals surface area contributed by atoms with Crippen LogP contribution in [-0.2, 0) is 25.9 Å². The molecular formula is C26H26Cl2N2O7S2. The van der Waals surface area contributed by atoms with Crippen molar-refractivity contribution in [1.82, 2.24) is 4.84 Å². The van der Waals surface area contributed by atoms with E-state index in [0.29, 0.717) is 33.6 Å². The van der Waals surface area contributed by atoms with Crippen molar-refractivity contribution in [3.63, 3.8) is 0 Å². The molecule has 0 fully saturated rings. The maximum atomic E-state index is 13.2. The van der Waals surface area contributed by atoms with Crippen molar-refractivity contribution in [1.29, 1.82) is 0 Å². The first-order valence-corrected chi connectivity index (χ1v) is 15.3. The van der Waals surface area contributed by atoms with Crippen molar-refractivity contribution in [2.45, 2.75) is 19.6 Å². The quantitative estimate of drug-likeness (QED) is 0.231. The summed E-state index contributed by atoms with van der Waals surface area (Å²) in [4.78, 5) is 30.6. The van der Waals surface area contributed by atoms with E-state index >= 15 is 0 Å². The Morgan fingerprint density at radius 1 is 1.15 bits per heavy atom. The van der Waals surface area contributed by atoms with Gasteiger partial charge in [-0.25, -0.2) is 13.3 Å². The molecule has 4 rings (SSSR count). The number of methoxy groups -OCH3 is 1. The van der Waals surface area contributed by atoms with E-state index in [1.165, 1.54) is 25.4 Å². The number of hydrogen-bond donors (Lipinski definition) is 1. The predicted molar refractivity (Wildman–Crippen MR) is 152 cm³/mol. The number of hydrogen-bond acceptors (Lipinski definition) is 9. The molecule has 2 aromatic carbocycles. The van der Waals surface area contributed by atoms with Gasteiger partial charge in [0.05, 0.1) is 24.3 Å². The third-order valence-corrected chi connectivity index (χ3v) is 9.34. The maximum absolute atomic E-state index is 13.2. The highest BCUT2D eigenvalue weighted by atomic mass is 35.5. The van der Waals surface area contributed by atoms with Gasteiger partial charge in [0.2, 0.25) is 0 Å². The van der Waals surface area contributed by atoms with Gasteiger partial charge in [-0.15, -0.1) is 11.3 Å². The third kappa shape index (κ3) is 7.03. The summed E-state index contributed by atoms with van der Waals surface area (Å²) < 4.78 is 40.8. The second-order valence-electron chi connectivity index (χ2n) is 8.63. The molecule has 208 valence electrons. The molecule has 1 amide bonds. The third-order valence-electron chi connectivity index (χ3n) is 5.98. The summed E-state index contributed by atoms with van der Waals surface area (Å²) in [7, 11) is -2.00. The molecule has 1 N–H and O–H groups in total. The lowest BCUT2D eigenvalue weighted by Crippen LogP contribution is -2.35. The van der Waals surface area contributed by atoms with Crippen LogP contribution in [0.4, 0.5) is 5.69 Å². The summed E-state index contributed by atoms with van der Waals surface area (Å²) in [5, 5.41) is 0.651. The molecule has 1 aromatic heterocycles. The van der Waals surface area contributed by atoms with Gasteiger partial charge in [0.25, 0.3) is 5.91 Å². The van der Waals surface area contributed by atoms with E-state index in [4.69, 9.17) is 37.6 Å². The molecule has 0 unspecified atom stereocenters. The molecule has 1 atom stereocenters. The molecule has 0 spiro atoms. The lowest BCUT2D eigenvalue weighted by Gasteiger charge is -2.21. The van der Waals surface area contributed by atoms with Crippen LogP contribution in [-0.4, -0.2) is 58.2 Å². The minimum Gasteiger partial charge on any atom is -0.493 e. The number of sulfone groups is 1. The van der Waals surface area contributed by atoms with E-state index < -0.39 is 27.7 Å². The molecule has 3 aromatic rings. The SMILES string of the molecule is CCS(=O)(=O)C[C@@H](COc1ccc(N2Cc3cc(-c4ccc(Cl)cc4)sc3C2=O)cc1OC)OC(=O)CNCl. The van der Waals surface area contributed by atoms with Crippen molar-refractivity contribution in [3.8, 4) is 21.9 Å².